The van der Waals surface area contributed by atoms with Crippen molar-refractivity contribution in [3.63, 3.8) is 0 Å². The second kappa shape index (κ2) is 14.3. The van der Waals surface area contributed by atoms with Crippen LogP contribution in [0.1, 0.15) is 88.7 Å². The number of aromatic nitrogens is 1. The van der Waals surface area contributed by atoms with Gasteiger partial charge >= 0.3 is 6.09 Å². The molecule has 3 atom stereocenters. The molecule has 256 valence electrons. The lowest BCUT2D eigenvalue weighted by molar-refractivity contribution is -0.134. The Morgan fingerprint density at radius 1 is 0.878 bits per heavy atom. The maximum atomic E-state index is 14.7. The molecule has 3 N–H and O–H groups in total. The van der Waals surface area contributed by atoms with E-state index in [1.54, 1.807) is 4.90 Å². The predicted molar refractivity (Wildman–Crippen MR) is 190 cm³/mol. The molecule has 2 aliphatic rings. The first-order chi connectivity index (χ1) is 23.5. The number of hydrogen-bond acceptors (Lipinski definition) is 5. The van der Waals surface area contributed by atoms with E-state index in [2.05, 4.69) is 15.6 Å². The van der Waals surface area contributed by atoms with Crippen molar-refractivity contribution in [2.75, 3.05) is 6.54 Å². The molecule has 1 unspecified atom stereocenters. The van der Waals surface area contributed by atoms with Gasteiger partial charge < -0.3 is 20.4 Å². The number of hydrogen-bond donors (Lipinski definition) is 3. The Balaban J connectivity index is 1.40. The first-order valence-corrected chi connectivity index (χ1v) is 17.3. The third-order valence-corrected chi connectivity index (χ3v) is 9.59. The molecule has 1 aromatic heterocycles. The second-order valence-corrected chi connectivity index (χ2v) is 14.4. The summed E-state index contributed by atoms with van der Waals surface area (Å²) in [7, 11) is 0. The van der Waals surface area contributed by atoms with Crippen LogP contribution in [-0.4, -0.2) is 51.8 Å². The summed E-state index contributed by atoms with van der Waals surface area (Å²) in [6.07, 6.45) is 4.78. The minimum Gasteiger partial charge on any atom is -0.444 e. The number of carbonyl (C=O) groups excluding carboxylic acids is 4. The standard InChI is InChI=1S/C40H46N4O5/c1-25(45)24-41-38(47)34(28-21-19-27(20-22-28)26-13-7-5-8-14-26)43-37(46)33-23-31-30-17-11-12-18-32(30)42-35(31)36(29-15-9-6-10-16-29)44(33)39(48)49-40(2,3)4/h5,7-8,11-14,17-22,29,33-34,36,42H,6,9-10,15-16,23-24H2,1-4H3,(H,41,47)(H,43,46)/t33-,34?,36+/m1/s1. The fourth-order valence-electron chi connectivity index (χ4n) is 7.36. The molecule has 0 bridgehead atoms. The largest absolute Gasteiger partial charge is 0.444 e. The minimum atomic E-state index is -1.10. The van der Waals surface area contributed by atoms with Gasteiger partial charge in [-0.15, -0.1) is 0 Å². The first-order valence-electron chi connectivity index (χ1n) is 17.3. The third-order valence-electron chi connectivity index (χ3n) is 9.59. The normalized spacial score (nSPS) is 18.7. The lowest BCUT2D eigenvalue weighted by Crippen LogP contribution is -2.58. The average molecular weight is 663 g/mol. The van der Waals surface area contributed by atoms with E-state index >= 15 is 0 Å². The molecule has 4 aromatic rings. The maximum Gasteiger partial charge on any atom is 0.411 e. The fourth-order valence-corrected chi connectivity index (χ4v) is 7.36. The van der Waals surface area contributed by atoms with E-state index in [9.17, 15) is 19.2 Å². The minimum absolute atomic E-state index is 0.129. The Bertz CT molecular complexity index is 1820. The molecule has 1 aliphatic carbocycles. The zero-order valence-electron chi connectivity index (χ0n) is 28.8. The van der Waals surface area contributed by atoms with Crippen LogP contribution in [0.2, 0.25) is 0 Å². The van der Waals surface area contributed by atoms with Crippen molar-refractivity contribution in [1.29, 1.82) is 0 Å². The summed E-state index contributed by atoms with van der Waals surface area (Å²) in [5.41, 5.74) is 4.68. The SMILES string of the molecule is CC(=O)CNC(=O)C(NC(=O)[C@H]1Cc2c([nH]c3ccccc23)[C@H](C2CCCCC2)N1C(=O)OC(C)(C)C)c1ccc(-c2ccccc2)cc1. The van der Waals surface area contributed by atoms with Crippen LogP contribution in [0.5, 0.6) is 0 Å². The zero-order chi connectivity index (χ0) is 34.7. The smallest absolute Gasteiger partial charge is 0.411 e. The molecule has 49 heavy (non-hydrogen) atoms. The van der Waals surface area contributed by atoms with Crippen molar-refractivity contribution in [3.8, 4) is 11.1 Å². The monoisotopic (exact) mass is 662 g/mol. The van der Waals surface area contributed by atoms with Gasteiger partial charge in [0.05, 0.1) is 12.6 Å². The van der Waals surface area contributed by atoms with Gasteiger partial charge in [-0.2, -0.15) is 0 Å². The second-order valence-electron chi connectivity index (χ2n) is 14.4. The number of benzene rings is 3. The van der Waals surface area contributed by atoms with E-state index in [0.29, 0.717) is 5.56 Å². The summed E-state index contributed by atoms with van der Waals surface area (Å²) in [5.74, 6) is -1.04. The summed E-state index contributed by atoms with van der Waals surface area (Å²) in [6, 6.07) is 22.9. The highest BCUT2D eigenvalue weighted by molar-refractivity contribution is 5.95. The number of aromatic amines is 1. The van der Waals surface area contributed by atoms with Crippen molar-refractivity contribution >= 4 is 34.6 Å². The Labute approximate surface area is 287 Å². The van der Waals surface area contributed by atoms with Gasteiger partial charge in [0.2, 0.25) is 11.8 Å². The predicted octanol–water partition coefficient (Wildman–Crippen LogP) is 7.18. The van der Waals surface area contributed by atoms with Gasteiger partial charge in [-0.25, -0.2) is 4.79 Å². The molecule has 0 spiro atoms. The Kier molecular flexibility index (Phi) is 9.90. The van der Waals surface area contributed by atoms with Crippen LogP contribution in [-0.2, 0) is 25.5 Å². The number of amides is 3. The number of ketones is 1. The van der Waals surface area contributed by atoms with Crippen LogP contribution in [0.15, 0.2) is 78.9 Å². The first kappa shape index (κ1) is 34.0. The summed E-state index contributed by atoms with van der Waals surface area (Å²) >= 11 is 0. The van der Waals surface area contributed by atoms with Gasteiger partial charge in [0.1, 0.15) is 23.5 Å². The average Bonchev–Trinajstić information content (AvgIpc) is 3.47. The molecule has 0 radical (unpaired) electrons. The van der Waals surface area contributed by atoms with Crippen LogP contribution < -0.4 is 10.6 Å². The Hall–Kier alpha value is -4.92. The topological polar surface area (TPSA) is 121 Å². The number of para-hydroxylation sites is 1. The number of ether oxygens (including phenoxy) is 1. The lowest BCUT2D eigenvalue weighted by Gasteiger charge is -2.45. The van der Waals surface area contributed by atoms with E-state index in [1.165, 1.54) is 6.92 Å². The van der Waals surface area contributed by atoms with Crippen LogP contribution in [0.4, 0.5) is 4.79 Å². The summed E-state index contributed by atoms with van der Waals surface area (Å²) in [4.78, 5) is 59.7. The van der Waals surface area contributed by atoms with E-state index < -0.39 is 41.6 Å². The van der Waals surface area contributed by atoms with Crippen LogP contribution in [0.25, 0.3) is 22.0 Å². The number of Topliss-reactive ketones (excluding diaryl/α,β-unsaturated/α-hetero) is 1. The molecule has 9 nitrogen and oxygen atoms in total. The number of rotatable bonds is 8. The molecular weight excluding hydrogens is 616 g/mol. The van der Waals surface area contributed by atoms with Crippen molar-refractivity contribution < 1.29 is 23.9 Å². The summed E-state index contributed by atoms with van der Waals surface area (Å²) < 4.78 is 6.00. The van der Waals surface area contributed by atoms with Crippen LogP contribution in [0, 0.1) is 5.92 Å². The Morgan fingerprint density at radius 3 is 2.20 bits per heavy atom. The van der Waals surface area contributed by atoms with Gasteiger partial charge in [0.15, 0.2) is 0 Å². The fraction of sp³-hybridized carbons (Fsp3) is 0.400. The third kappa shape index (κ3) is 7.56. The molecule has 3 aromatic carbocycles. The molecule has 2 heterocycles. The number of H-pyrrole nitrogens is 1. The highest BCUT2D eigenvalue weighted by Crippen LogP contribution is 2.46. The van der Waals surface area contributed by atoms with E-state index in [1.807, 2.05) is 99.6 Å². The van der Waals surface area contributed by atoms with Gasteiger partial charge in [0.25, 0.3) is 0 Å². The highest BCUT2D eigenvalue weighted by Gasteiger charge is 2.48. The Morgan fingerprint density at radius 2 is 1.53 bits per heavy atom. The quantitative estimate of drug-likeness (QED) is 0.185. The van der Waals surface area contributed by atoms with Gasteiger partial charge in [-0.1, -0.05) is 92.1 Å². The number of nitrogens with one attached hydrogen (secondary N) is 3. The molecule has 1 aliphatic heterocycles. The van der Waals surface area contributed by atoms with Crippen molar-refractivity contribution in [3.05, 3.63) is 95.7 Å². The van der Waals surface area contributed by atoms with Gasteiger partial charge in [-0.05, 0) is 74.8 Å². The van der Waals surface area contributed by atoms with E-state index in [-0.39, 0.29) is 24.7 Å². The number of carbonyl (C=O) groups is 4. The van der Waals surface area contributed by atoms with E-state index in [4.69, 9.17) is 4.74 Å². The molecule has 6 rings (SSSR count). The maximum absolute atomic E-state index is 14.7. The zero-order valence-corrected chi connectivity index (χ0v) is 28.8. The van der Waals surface area contributed by atoms with Crippen molar-refractivity contribution in [2.24, 2.45) is 5.92 Å². The molecule has 1 fully saturated rings. The van der Waals surface area contributed by atoms with Crippen LogP contribution >= 0.6 is 0 Å². The molecule has 3 amide bonds. The molecule has 9 heteroatoms. The summed E-state index contributed by atoms with van der Waals surface area (Å²) in [5, 5.41) is 6.71. The van der Waals surface area contributed by atoms with Gasteiger partial charge in [-0.3, -0.25) is 19.3 Å². The van der Waals surface area contributed by atoms with E-state index in [0.717, 1.165) is 65.4 Å². The van der Waals surface area contributed by atoms with Crippen molar-refractivity contribution in [2.45, 2.75) is 89.9 Å². The highest BCUT2D eigenvalue weighted by atomic mass is 16.6. The summed E-state index contributed by atoms with van der Waals surface area (Å²) in [6.45, 7) is 6.70. The number of fused-ring (bicyclic) bond motifs is 3. The van der Waals surface area contributed by atoms with Crippen LogP contribution in [0.3, 0.4) is 0 Å². The molecule has 1 saturated carbocycles. The number of nitrogens with zero attached hydrogens (tertiary/aromatic N) is 1. The molecular formula is C40H46N4O5. The molecule has 0 saturated heterocycles. The van der Waals surface area contributed by atoms with Gasteiger partial charge in [0, 0.05) is 23.0 Å². The lowest BCUT2D eigenvalue weighted by atomic mass is 9.78. The van der Waals surface area contributed by atoms with Crippen molar-refractivity contribution in [1.82, 2.24) is 20.5 Å².